The molecule has 0 heterocycles. The lowest BCUT2D eigenvalue weighted by atomic mass is 10.1. The molecule has 0 aliphatic rings. The van der Waals surface area contributed by atoms with Crippen LogP contribution in [0.5, 0.6) is 0 Å². The topological polar surface area (TPSA) is 15.3 Å². The summed E-state index contributed by atoms with van der Waals surface area (Å²) in [5.74, 6) is -0.388. The standard InChI is InChI=1S/C17H20ClFN2/c1-12(13-8-9-16(19)15(18)10-13)20-17-7-5-4-6-14(17)11-21(2)3/h4-10,12,20H,11H2,1-3H3. The third-order valence-electron chi connectivity index (χ3n) is 3.32. The van der Waals surface area contributed by atoms with Crippen molar-refractivity contribution in [2.24, 2.45) is 0 Å². The van der Waals surface area contributed by atoms with Gasteiger partial charge in [-0.25, -0.2) is 4.39 Å². The number of halogens is 2. The highest BCUT2D eigenvalue weighted by Crippen LogP contribution is 2.25. The zero-order valence-electron chi connectivity index (χ0n) is 12.5. The molecule has 0 aliphatic carbocycles. The van der Waals surface area contributed by atoms with E-state index in [9.17, 15) is 4.39 Å². The summed E-state index contributed by atoms with van der Waals surface area (Å²) < 4.78 is 13.2. The van der Waals surface area contributed by atoms with Gasteiger partial charge >= 0.3 is 0 Å². The van der Waals surface area contributed by atoms with E-state index in [0.717, 1.165) is 17.8 Å². The van der Waals surface area contributed by atoms with E-state index in [0.29, 0.717) is 0 Å². The molecule has 0 fully saturated rings. The number of benzene rings is 2. The average Bonchev–Trinajstić information content (AvgIpc) is 2.43. The van der Waals surface area contributed by atoms with Gasteiger partial charge in [-0.3, -0.25) is 0 Å². The molecule has 0 bridgehead atoms. The Kier molecular flexibility index (Phi) is 5.21. The molecule has 2 aromatic rings. The van der Waals surface area contributed by atoms with Crippen LogP contribution in [-0.2, 0) is 6.54 Å². The minimum atomic E-state index is -0.388. The van der Waals surface area contributed by atoms with Crippen LogP contribution in [0.15, 0.2) is 42.5 Å². The minimum Gasteiger partial charge on any atom is -0.378 e. The van der Waals surface area contributed by atoms with E-state index in [1.165, 1.54) is 11.6 Å². The summed E-state index contributed by atoms with van der Waals surface area (Å²) in [6.07, 6.45) is 0. The van der Waals surface area contributed by atoms with Crippen molar-refractivity contribution in [1.29, 1.82) is 0 Å². The van der Waals surface area contributed by atoms with Crippen molar-refractivity contribution in [2.45, 2.75) is 19.5 Å². The van der Waals surface area contributed by atoms with E-state index in [1.807, 2.05) is 33.2 Å². The first kappa shape index (κ1) is 15.8. The van der Waals surface area contributed by atoms with Crippen LogP contribution in [0.1, 0.15) is 24.1 Å². The SMILES string of the molecule is CC(Nc1ccccc1CN(C)C)c1ccc(F)c(Cl)c1. The van der Waals surface area contributed by atoms with Crippen molar-refractivity contribution >= 4 is 17.3 Å². The van der Waals surface area contributed by atoms with Gasteiger partial charge in [0.25, 0.3) is 0 Å². The normalized spacial score (nSPS) is 12.5. The van der Waals surface area contributed by atoms with Gasteiger partial charge in [0.15, 0.2) is 0 Å². The van der Waals surface area contributed by atoms with Crippen molar-refractivity contribution in [1.82, 2.24) is 4.90 Å². The third kappa shape index (κ3) is 4.19. The molecule has 4 heteroatoms. The predicted octanol–water partition coefficient (Wildman–Crippen LogP) is 4.71. The van der Waals surface area contributed by atoms with Crippen LogP contribution in [0, 0.1) is 5.82 Å². The van der Waals surface area contributed by atoms with Gasteiger partial charge in [0.1, 0.15) is 5.82 Å². The van der Waals surface area contributed by atoms with Crippen LogP contribution in [0.4, 0.5) is 10.1 Å². The molecule has 0 saturated heterocycles. The fraction of sp³-hybridized carbons (Fsp3) is 0.294. The number of hydrogen-bond acceptors (Lipinski definition) is 2. The van der Waals surface area contributed by atoms with Gasteiger partial charge in [-0.15, -0.1) is 0 Å². The summed E-state index contributed by atoms with van der Waals surface area (Å²) in [6, 6.07) is 13.1. The van der Waals surface area contributed by atoms with Gasteiger partial charge in [-0.1, -0.05) is 35.9 Å². The predicted molar refractivity (Wildman–Crippen MR) is 87.3 cm³/mol. The molecule has 21 heavy (non-hydrogen) atoms. The Morgan fingerprint density at radius 3 is 2.57 bits per heavy atom. The zero-order chi connectivity index (χ0) is 15.4. The molecule has 0 aliphatic heterocycles. The molecule has 0 amide bonds. The first-order chi connectivity index (χ1) is 9.97. The fourth-order valence-electron chi connectivity index (χ4n) is 2.24. The summed E-state index contributed by atoms with van der Waals surface area (Å²) >= 11 is 5.85. The highest BCUT2D eigenvalue weighted by molar-refractivity contribution is 6.30. The number of rotatable bonds is 5. The highest BCUT2D eigenvalue weighted by Gasteiger charge is 2.10. The molecule has 2 rings (SSSR count). The van der Waals surface area contributed by atoms with Gasteiger partial charge in [0.05, 0.1) is 5.02 Å². The fourth-order valence-corrected chi connectivity index (χ4v) is 2.43. The van der Waals surface area contributed by atoms with E-state index < -0.39 is 0 Å². The molecule has 0 spiro atoms. The molecular weight excluding hydrogens is 287 g/mol. The molecule has 2 aromatic carbocycles. The summed E-state index contributed by atoms with van der Waals surface area (Å²) in [5.41, 5.74) is 3.27. The Morgan fingerprint density at radius 1 is 1.19 bits per heavy atom. The summed E-state index contributed by atoms with van der Waals surface area (Å²) in [7, 11) is 4.08. The number of anilines is 1. The maximum atomic E-state index is 13.2. The van der Waals surface area contributed by atoms with Crippen LogP contribution in [0.3, 0.4) is 0 Å². The Morgan fingerprint density at radius 2 is 1.90 bits per heavy atom. The highest BCUT2D eigenvalue weighted by atomic mass is 35.5. The number of hydrogen-bond donors (Lipinski definition) is 1. The molecule has 1 N–H and O–H groups in total. The second-order valence-electron chi connectivity index (χ2n) is 5.43. The molecular formula is C17H20ClFN2. The number of nitrogens with zero attached hydrogens (tertiary/aromatic N) is 1. The lowest BCUT2D eigenvalue weighted by Crippen LogP contribution is -2.14. The molecule has 2 nitrogen and oxygen atoms in total. The van der Waals surface area contributed by atoms with Gasteiger partial charge in [-0.2, -0.15) is 0 Å². The lowest BCUT2D eigenvalue weighted by Gasteiger charge is -2.20. The van der Waals surface area contributed by atoms with E-state index in [1.54, 1.807) is 12.1 Å². The van der Waals surface area contributed by atoms with Crippen LogP contribution in [0.2, 0.25) is 5.02 Å². The van der Waals surface area contributed by atoms with Crippen molar-refractivity contribution in [3.63, 3.8) is 0 Å². The lowest BCUT2D eigenvalue weighted by molar-refractivity contribution is 0.403. The Hall–Kier alpha value is -1.58. The average molecular weight is 307 g/mol. The number of para-hydroxylation sites is 1. The van der Waals surface area contributed by atoms with E-state index in [2.05, 4.69) is 22.3 Å². The maximum absolute atomic E-state index is 13.2. The first-order valence-electron chi connectivity index (χ1n) is 6.91. The van der Waals surface area contributed by atoms with Gasteiger partial charge in [0.2, 0.25) is 0 Å². The Bertz CT molecular complexity index is 613. The second kappa shape index (κ2) is 6.92. The second-order valence-corrected chi connectivity index (χ2v) is 5.84. The van der Waals surface area contributed by atoms with Crippen molar-refractivity contribution in [3.05, 3.63) is 64.4 Å². The van der Waals surface area contributed by atoms with Gasteiger partial charge in [0, 0.05) is 18.3 Å². The van der Waals surface area contributed by atoms with Crippen molar-refractivity contribution < 1.29 is 4.39 Å². The summed E-state index contributed by atoms with van der Waals surface area (Å²) in [6.45, 7) is 2.90. The summed E-state index contributed by atoms with van der Waals surface area (Å²) in [4.78, 5) is 2.12. The van der Waals surface area contributed by atoms with E-state index in [-0.39, 0.29) is 16.9 Å². The van der Waals surface area contributed by atoms with Crippen molar-refractivity contribution in [3.8, 4) is 0 Å². The first-order valence-corrected chi connectivity index (χ1v) is 7.29. The minimum absolute atomic E-state index is 0.0476. The van der Waals surface area contributed by atoms with Gasteiger partial charge in [-0.05, 0) is 50.3 Å². The molecule has 1 atom stereocenters. The zero-order valence-corrected chi connectivity index (χ0v) is 13.3. The molecule has 0 radical (unpaired) electrons. The Labute approximate surface area is 130 Å². The van der Waals surface area contributed by atoms with Crippen LogP contribution >= 0.6 is 11.6 Å². The summed E-state index contributed by atoms with van der Waals surface area (Å²) in [5, 5.41) is 3.63. The monoisotopic (exact) mass is 306 g/mol. The van der Waals surface area contributed by atoms with E-state index in [4.69, 9.17) is 11.6 Å². The third-order valence-corrected chi connectivity index (χ3v) is 3.61. The van der Waals surface area contributed by atoms with Gasteiger partial charge < -0.3 is 10.2 Å². The quantitative estimate of drug-likeness (QED) is 0.860. The largest absolute Gasteiger partial charge is 0.378 e. The van der Waals surface area contributed by atoms with Crippen molar-refractivity contribution in [2.75, 3.05) is 19.4 Å². The molecule has 112 valence electrons. The van der Waals surface area contributed by atoms with Crippen LogP contribution in [0.25, 0.3) is 0 Å². The smallest absolute Gasteiger partial charge is 0.141 e. The molecule has 0 aromatic heterocycles. The molecule has 0 saturated carbocycles. The maximum Gasteiger partial charge on any atom is 0.141 e. The molecule has 1 unspecified atom stereocenters. The van der Waals surface area contributed by atoms with Crippen LogP contribution in [-0.4, -0.2) is 19.0 Å². The van der Waals surface area contributed by atoms with Crippen LogP contribution < -0.4 is 5.32 Å². The van der Waals surface area contributed by atoms with E-state index >= 15 is 0 Å². The Balaban J connectivity index is 2.19. The number of nitrogens with one attached hydrogen (secondary N) is 1.